The van der Waals surface area contributed by atoms with Gasteiger partial charge in [-0.2, -0.15) is 0 Å². The summed E-state index contributed by atoms with van der Waals surface area (Å²) >= 11 is 9.23. The van der Waals surface area contributed by atoms with Crippen LogP contribution in [0.15, 0.2) is 53.3 Å². The summed E-state index contributed by atoms with van der Waals surface area (Å²) in [5, 5.41) is 3.43. The van der Waals surface area contributed by atoms with Crippen LogP contribution in [0.3, 0.4) is 0 Å². The average molecular weight is 365 g/mol. The highest BCUT2D eigenvalue weighted by molar-refractivity contribution is 9.10. The number of imidazole rings is 1. The van der Waals surface area contributed by atoms with Crippen LogP contribution in [0.5, 0.6) is 0 Å². The van der Waals surface area contributed by atoms with E-state index in [2.05, 4.69) is 26.2 Å². The smallest absolute Gasteiger partial charge is 0.251 e. The van der Waals surface area contributed by atoms with E-state index in [0.29, 0.717) is 21.6 Å². The molecule has 2 aromatic heterocycles. The molecule has 0 bridgehead atoms. The van der Waals surface area contributed by atoms with Crippen LogP contribution in [0, 0.1) is 0 Å². The lowest BCUT2D eigenvalue weighted by atomic mass is 10.2. The van der Waals surface area contributed by atoms with Gasteiger partial charge < -0.3 is 9.72 Å². The SMILES string of the molecule is O=C(NCc1ncc2ccccn12)c1ccc(Cl)c(Br)c1. The van der Waals surface area contributed by atoms with Gasteiger partial charge in [0.15, 0.2) is 0 Å². The lowest BCUT2D eigenvalue weighted by molar-refractivity contribution is 0.0950. The van der Waals surface area contributed by atoms with Gasteiger partial charge in [0.25, 0.3) is 5.91 Å². The molecule has 106 valence electrons. The standard InChI is InChI=1S/C15H11BrClN3O/c16-12-7-10(4-5-13(12)17)15(21)19-9-14-18-8-11-3-1-2-6-20(11)14/h1-8H,9H2,(H,19,21). The van der Waals surface area contributed by atoms with E-state index in [1.165, 1.54) is 0 Å². The third kappa shape index (κ3) is 2.94. The molecule has 0 aliphatic rings. The maximum absolute atomic E-state index is 12.1. The fourth-order valence-corrected chi connectivity index (χ4v) is 2.53. The molecule has 1 aromatic carbocycles. The highest BCUT2D eigenvalue weighted by atomic mass is 79.9. The first-order valence-corrected chi connectivity index (χ1v) is 7.46. The normalized spacial score (nSPS) is 10.8. The summed E-state index contributed by atoms with van der Waals surface area (Å²) in [5.74, 6) is 0.618. The number of carbonyl (C=O) groups excluding carboxylic acids is 1. The molecule has 0 unspecified atom stereocenters. The zero-order valence-corrected chi connectivity index (χ0v) is 13.2. The molecule has 4 nitrogen and oxygen atoms in total. The van der Waals surface area contributed by atoms with Crippen LogP contribution in [0.1, 0.15) is 16.2 Å². The maximum Gasteiger partial charge on any atom is 0.251 e. The summed E-state index contributed by atoms with van der Waals surface area (Å²) in [6, 6.07) is 10.9. The van der Waals surface area contributed by atoms with Gasteiger partial charge in [0.2, 0.25) is 0 Å². The number of rotatable bonds is 3. The van der Waals surface area contributed by atoms with Crippen molar-refractivity contribution >= 4 is 39.0 Å². The first kappa shape index (κ1) is 14.1. The molecular formula is C15H11BrClN3O. The summed E-state index contributed by atoms with van der Waals surface area (Å²) in [5.41, 5.74) is 1.54. The van der Waals surface area contributed by atoms with Gasteiger partial charge in [-0.05, 0) is 46.3 Å². The summed E-state index contributed by atoms with van der Waals surface area (Å²) in [6.07, 6.45) is 3.70. The van der Waals surface area contributed by atoms with Gasteiger partial charge in [-0.15, -0.1) is 0 Å². The zero-order valence-electron chi connectivity index (χ0n) is 10.9. The van der Waals surface area contributed by atoms with E-state index in [-0.39, 0.29) is 5.91 Å². The topological polar surface area (TPSA) is 46.4 Å². The minimum absolute atomic E-state index is 0.167. The molecule has 0 fully saturated rings. The van der Waals surface area contributed by atoms with Gasteiger partial charge in [-0.3, -0.25) is 4.79 Å². The average Bonchev–Trinajstić information content (AvgIpc) is 2.91. The third-order valence-electron chi connectivity index (χ3n) is 3.10. The van der Waals surface area contributed by atoms with E-state index in [1.54, 1.807) is 24.4 Å². The molecule has 0 aliphatic carbocycles. The number of hydrogen-bond donors (Lipinski definition) is 1. The van der Waals surface area contributed by atoms with Crippen molar-refractivity contribution in [3.05, 3.63) is 69.7 Å². The number of pyridine rings is 1. The van der Waals surface area contributed by atoms with Crippen LogP contribution in [-0.4, -0.2) is 15.3 Å². The molecule has 21 heavy (non-hydrogen) atoms. The predicted molar refractivity (Wildman–Crippen MR) is 85.5 cm³/mol. The minimum atomic E-state index is -0.167. The third-order valence-corrected chi connectivity index (χ3v) is 4.32. The summed E-state index contributed by atoms with van der Waals surface area (Å²) in [6.45, 7) is 0.358. The Labute approximate surface area is 134 Å². The highest BCUT2D eigenvalue weighted by Gasteiger charge is 2.09. The molecule has 0 saturated carbocycles. The van der Waals surface area contributed by atoms with E-state index >= 15 is 0 Å². The Morgan fingerprint density at radius 2 is 2.19 bits per heavy atom. The summed E-state index contributed by atoms with van der Waals surface area (Å²) in [4.78, 5) is 16.4. The zero-order chi connectivity index (χ0) is 14.8. The van der Waals surface area contributed by atoms with Crippen molar-refractivity contribution in [2.24, 2.45) is 0 Å². The number of halogens is 2. The second kappa shape index (κ2) is 5.87. The molecule has 6 heteroatoms. The first-order chi connectivity index (χ1) is 10.1. The van der Waals surface area contributed by atoms with E-state index < -0.39 is 0 Å². The Morgan fingerprint density at radius 3 is 3.00 bits per heavy atom. The first-order valence-electron chi connectivity index (χ1n) is 6.29. The quantitative estimate of drug-likeness (QED) is 0.770. The van der Waals surface area contributed by atoms with Crippen molar-refractivity contribution in [3.63, 3.8) is 0 Å². The highest BCUT2D eigenvalue weighted by Crippen LogP contribution is 2.23. The van der Waals surface area contributed by atoms with E-state index in [1.807, 2.05) is 28.8 Å². The van der Waals surface area contributed by atoms with E-state index in [9.17, 15) is 4.79 Å². The number of fused-ring (bicyclic) bond motifs is 1. The Hall–Kier alpha value is -1.85. The van der Waals surface area contributed by atoms with Gasteiger partial charge in [0.05, 0.1) is 23.3 Å². The second-order valence-electron chi connectivity index (χ2n) is 4.48. The Bertz CT molecular complexity index is 816. The monoisotopic (exact) mass is 363 g/mol. The van der Waals surface area contributed by atoms with Gasteiger partial charge >= 0.3 is 0 Å². The lowest BCUT2D eigenvalue weighted by Gasteiger charge is -2.06. The molecule has 1 amide bonds. The largest absolute Gasteiger partial charge is 0.345 e. The van der Waals surface area contributed by atoms with Gasteiger partial charge in [-0.1, -0.05) is 17.7 Å². The van der Waals surface area contributed by atoms with Crippen LogP contribution in [0.4, 0.5) is 0 Å². The lowest BCUT2D eigenvalue weighted by Crippen LogP contribution is -2.23. The van der Waals surface area contributed by atoms with Crippen LogP contribution in [-0.2, 0) is 6.54 Å². The molecular weight excluding hydrogens is 354 g/mol. The summed E-state index contributed by atoms with van der Waals surface area (Å²) < 4.78 is 2.64. The van der Waals surface area contributed by atoms with Crippen molar-refractivity contribution in [2.75, 3.05) is 0 Å². The van der Waals surface area contributed by atoms with Crippen molar-refractivity contribution in [3.8, 4) is 0 Å². The van der Waals surface area contributed by atoms with Crippen molar-refractivity contribution in [2.45, 2.75) is 6.54 Å². The molecule has 0 atom stereocenters. The Kier molecular flexibility index (Phi) is 3.94. The van der Waals surface area contributed by atoms with Crippen LogP contribution >= 0.6 is 27.5 Å². The van der Waals surface area contributed by atoms with Crippen LogP contribution in [0.2, 0.25) is 5.02 Å². The number of amides is 1. The number of carbonyl (C=O) groups is 1. The second-order valence-corrected chi connectivity index (χ2v) is 5.74. The van der Waals surface area contributed by atoms with E-state index in [4.69, 9.17) is 11.6 Å². The number of aromatic nitrogens is 2. The van der Waals surface area contributed by atoms with Gasteiger partial charge in [-0.25, -0.2) is 4.98 Å². The molecule has 2 heterocycles. The molecule has 3 rings (SSSR count). The number of hydrogen-bond acceptors (Lipinski definition) is 2. The number of benzene rings is 1. The number of nitrogens with zero attached hydrogens (tertiary/aromatic N) is 2. The molecule has 3 aromatic rings. The minimum Gasteiger partial charge on any atom is -0.345 e. The Morgan fingerprint density at radius 1 is 1.33 bits per heavy atom. The fourth-order valence-electron chi connectivity index (χ4n) is 2.03. The van der Waals surface area contributed by atoms with Crippen molar-refractivity contribution < 1.29 is 4.79 Å². The van der Waals surface area contributed by atoms with Crippen LogP contribution < -0.4 is 5.32 Å². The molecule has 0 spiro atoms. The van der Waals surface area contributed by atoms with Crippen LogP contribution in [0.25, 0.3) is 5.52 Å². The Balaban J connectivity index is 1.75. The molecule has 0 radical (unpaired) electrons. The number of nitrogens with one attached hydrogen (secondary N) is 1. The van der Waals surface area contributed by atoms with Gasteiger partial charge in [0, 0.05) is 16.2 Å². The van der Waals surface area contributed by atoms with Crippen molar-refractivity contribution in [1.82, 2.24) is 14.7 Å². The predicted octanol–water partition coefficient (Wildman–Crippen LogP) is 3.68. The molecule has 1 N–H and O–H groups in total. The summed E-state index contributed by atoms with van der Waals surface area (Å²) in [7, 11) is 0. The van der Waals surface area contributed by atoms with Gasteiger partial charge in [0.1, 0.15) is 5.82 Å². The molecule has 0 aliphatic heterocycles. The molecule has 0 saturated heterocycles. The fraction of sp³-hybridized carbons (Fsp3) is 0.0667. The maximum atomic E-state index is 12.1. The van der Waals surface area contributed by atoms with E-state index in [0.717, 1.165) is 11.3 Å². The van der Waals surface area contributed by atoms with Crippen molar-refractivity contribution in [1.29, 1.82) is 0 Å².